The van der Waals surface area contributed by atoms with Crippen LogP contribution in [0.2, 0.25) is 0 Å². The summed E-state index contributed by atoms with van der Waals surface area (Å²) in [6.45, 7) is 10.4. The van der Waals surface area contributed by atoms with Gasteiger partial charge >= 0.3 is 0 Å². The van der Waals surface area contributed by atoms with E-state index < -0.39 is 5.92 Å². The molecule has 2 N–H and O–H groups in total. The molecule has 0 saturated carbocycles. The number of rotatable bonds is 3. The summed E-state index contributed by atoms with van der Waals surface area (Å²) >= 11 is 0. The predicted octanol–water partition coefficient (Wildman–Crippen LogP) is 6.05. The number of allylic oxidation sites excluding steroid dienone is 4. The number of ether oxygens (including phenoxy) is 2. The average Bonchev–Trinajstić information content (AvgIpc) is 2.75. The molecular formula is C30H34N2O4. The van der Waals surface area contributed by atoms with Crippen molar-refractivity contribution in [1.82, 2.24) is 4.98 Å². The third-order valence-corrected chi connectivity index (χ3v) is 7.61. The number of hydrogen-bond acceptors (Lipinski definition) is 6. The van der Waals surface area contributed by atoms with E-state index in [1.807, 2.05) is 31.2 Å². The van der Waals surface area contributed by atoms with Crippen molar-refractivity contribution in [2.75, 3.05) is 12.8 Å². The molecule has 6 heteroatoms. The van der Waals surface area contributed by atoms with Crippen LogP contribution >= 0.6 is 0 Å². The van der Waals surface area contributed by atoms with E-state index in [0.717, 1.165) is 22.4 Å². The third-order valence-electron chi connectivity index (χ3n) is 7.61. The number of nitrogens with zero attached hydrogens (tertiary/aromatic N) is 1. The van der Waals surface area contributed by atoms with Gasteiger partial charge in [-0.3, -0.25) is 9.59 Å². The van der Waals surface area contributed by atoms with Crippen molar-refractivity contribution in [2.45, 2.75) is 66.2 Å². The van der Waals surface area contributed by atoms with E-state index in [2.05, 4.69) is 32.7 Å². The number of nitrogens with two attached hydrogens (primary N) is 1. The van der Waals surface area contributed by atoms with Crippen molar-refractivity contribution in [2.24, 2.45) is 10.8 Å². The minimum absolute atomic E-state index is 0.0318. The Hall–Kier alpha value is -3.41. The highest BCUT2D eigenvalue weighted by Crippen LogP contribution is 2.55. The zero-order chi connectivity index (χ0) is 26.0. The second kappa shape index (κ2) is 8.32. The van der Waals surface area contributed by atoms with E-state index in [9.17, 15) is 9.59 Å². The Labute approximate surface area is 212 Å². The lowest BCUT2D eigenvalue weighted by atomic mass is 9.65. The SMILES string of the molecule is COc1ccc(-c2cccc(N)n2)c(C)c1C1C2=C(CC(C)(C)CC2=O)OC2=C1C(=O)CC(C)(C)C2. The summed E-state index contributed by atoms with van der Waals surface area (Å²) in [7, 11) is 1.62. The van der Waals surface area contributed by atoms with Gasteiger partial charge in [-0.1, -0.05) is 33.8 Å². The third kappa shape index (κ3) is 4.02. The lowest BCUT2D eigenvalue weighted by Crippen LogP contribution is -2.38. The van der Waals surface area contributed by atoms with Gasteiger partial charge in [-0.25, -0.2) is 4.98 Å². The van der Waals surface area contributed by atoms with Gasteiger partial charge in [0.15, 0.2) is 11.6 Å². The largest absolute Gasteiger partial charge is 0.496 e. The van der Waals surface area contributed by atoms with Crippen LogP contribution < -0.4 is 10.5 Å². The highest BCUT2D eigenvalue weighted by Gasteiger charge is 2.49. The van der Waals surface area contributed by atoms with Gasteiger partial charge in [0.25, 0.3) is 0 Å². The number of hydrogen-bond donors (Lipinski definition) is 1. The molecule has 6 nitrogen and oxygen atoms in total. The molecule has 188 valence electrons. The molecule has 1 aromatic carbocycles. The topological polar surface area (TPSA) is 91.5 Å². The lowest BCUT2D eigenvalue weighted by Gasteiger charge is -2.43. The Kier molecular flexibility index (Phi) is 5.62. The number of Topliss-reactive ketones (excluding diaryl/α,β-unsaturated/α-hetero) is 2. The van der Waals surface area contributed by atoms with Crippen LogP contribution in [-0.2, 0) is 14.3 Å². The molecule has 0 atom stereocenters. The molecule has 0 amide bonds. The van der Waals surface area contributed by atoms with Gasteiger partial charge in [-0.15, -0.1) is 0 Å². The first-order valence-corrected chi connectivity index (χ1v) is 12.5. The fourth-order valence-corrected chi connectivity index (χ4v) is 6.08. The maximum Gasteiger partial charge on any atom is 0.163 e. The van der Waals surface area contributed by atoms with Gasteiger partial charge in [0, 0.05) is 48.0 Å². The van der Waals surface area contributed by atoms with Crippen molar-refractivity contribution in [3.63, 3.8) is 0 Å². The number of benzene rings is 1. The number of ketones is 2. The summed E-state index contributed by atoms with van der Waals surface area (Å²) in [5.41, 5.74) is 10.1. The van der Waals surface area contributed by atoms with Crippen molar-refractivity contribution in [3.8, 4) is 17.0 Å². The minimum atomic E-state index is -0.535. The Balaban J connectivity index is 1.80. The van der Waals surface area contributed by atoms with E-state index in [0.29, 0.717) is 59.9 Å². The van der Waals surface area contributed by atoms with E-state index >= 15 is 0 Å². The molecule has 36 heavy (non-hydrogen) atoms. The number of aromatic nitrogens is 1. The Morgan fingerprint density at radius 1 is 0.917 bits per heavy atom. The summed E-state index contributed by atoms with van der Waals surface area (Å²) in [5, 5.41) is 0. The molecule has 2 heterocycles. The summed E-state index contributed by atoms with van der Waals surface area (Å²) in [4.78, 5) is 31.9. The second-order valence-electron chi connectivity index (χ2n) is 11.9. The van der Waals surface area contributed by atoms with E-state index in [1.165, 1.54) is 0 Å². The van der Waals surface area contributed by atoms with Crippen molar-refractivity contribution < 1.29 is 19.1 Å². The number of nitrogen functional groups attached to an aromatic ring is 1. The number of methoxy groups -OCH3 is 1. The molecular weight excluding hydrogens is 452 g/mol. The van der Waals surface area contributed by atoms with Crippen LogP contribution in [0.4, 0.5) is 5.82 Å². The van der Waals surface area contributed by atoms with Crippen molar-refractivity contribution >= 4 is 17.4 Å². The number of carbonyl (C=O) groups excluding carboxylic acids is 2. The predicted molar refractivity (Wildman–Crippen MR) is 139 cm³/mol. The van der Waals surface area contributed by atoms with E-state index in [1.54, 1.807) is 13.2 Å². The molecule has 2 aliphatic carbocycles. The van der Waals surface area contributed by atoms with Crippen molar-refractivity contribution in [1.29, 1.82) is 0 Å². The van der Waals surface area contributed by atoms with Gasteiger partial charge < -0.3 is 15.2 Å². The normalized spacial score (nSPS) is 21.2. The molecule has 2 aromatic rings. The first-order valence-electron chi connectivity index (χ1n) is 12.5. The maximum atomic E-state index is 13.7. The lowest BCUT2D eigenvalue weighted by molar-refractivity contribution is -0.120. The molecule has 5 rings (SSSR count). The van der Waals surface area contributed by atoms with Crippen LogP contribution in [0.5, 0.6) is 5.75 Å². The van der Waals surface area contributed by atoms with Crippen LogP contribution in [0.15, 0.2) is 53.0 Å². The molecule has 0 radical (unpaired) electrons. The van der Waals surface area contributed by atoms with Gasteiger partial charge in [-0.05, 0) is 47.6 Å². The summed E-state index contributed by atoms with van der Waals surface area (Å²) < 4.78 is 12.3. The summed E-state index contributed by atoms with van der Waals surface area (Å²) in [6.07, 6.45) is 2.11. The van der Waals surface area contributed by atoms with Crippen LogP contribution in [0.25, 0.3) is 11.3 Å². The van der Waals surface area contributed by atoms with Gasteiger partial charge in [0.05, 0.1) is 18.7 Å². The maximum absolute atomic E-state index is 13.7. The van der Waals surface area contributed by atoms with E-state index in [-0.39, 0.29) is 22.4 Å². The fourth-order valence-electron chi connectivity index (χ4n) is 6.08. The Morgan fingerprint density at radius 2 is 1.50 bits per heavy atom. The number of anilines is 1. The van der Waals surface area contributed by atoms with Gasteiger partial charge in [-0.2, -0.15) is 0 Å². The smallest absolute Gasteiger partial charge is 0.163 e. The molecule has 0 fully saturated rings. The quantitative estimate of drug-likeness (QED) is 0.568. The highest BCUT2D eigenvalue weighted by atomic mass is 16.5. The molecule has 0 bridgehead atoms. The van der Waals surface area contributed by atoms with Crippen LogP contribution in [0.3, 0.4) is 0 Å². The van der Waals surface area contributed by atoms with Gasteiger partial charge in [0.1, 0.15) is 23.1 Å². The van der Waals surface area contributed by atoms with Crippen LogP contribution in [-0.4, -0.2) is 23.7 Å². The first kappa shape index (κ1) is 24.3. The number of pyridine rings is 1. The monoisotopic (exact) mass is 486 g/mol. The van der Waals surface area contributed by atoms with Gasteiger partial charge in [0.2, 0.25) is 0 Å². The Bertz CT molecular complexity index is 1310. The summed E-state index contributed by atoms with van der Waals surface area (Å²) in [5.74, 6) is 1.99. The standard InChI is InChI=1S/C30H34N2O4/c1-16-17(18-8-7-9-24(31)32-18)10-11-21(35-6)25(16)28-26-19(33)12-29(2,3)14-22(26)36-23-15-30(4,5)13-20(34)27(23)28/h7-11,28H,12-15H2,1-6H3,(H2,31,32). The zero-order valence-electron chi connectivity index (χ0n) is 22.0. The molecule has 0 saturated heterocycles. The first-order chi connectivity index (χ1) is 16.9. The molecule has 1 aromatic heterocycles. The molecule has 3 aliphatic rings. The average molecular weight is 487 g/mol. The highest BCUT2D eigenvalue weighted by molar-refractivity contribution is 6.06. The number of carbonyl (C=O) groups is 2. The Morgan fingerprint density at radius 3 is 2.03 bits per heavy atom. The molecule has 0 spiro atoms. The zero-order valence-corrected chi connectivity index (χ0v) is 22.0. The molecule has 0 unspecified atom stereocenters. The fraction of sp³-hybridized carbons (Fsp3) is 0.433. The van der Waals surface area contributed by atoms with E-state index in [4.69, 9.17) is 15.2 Å². The minimum Gasteiger partial charge on any atom is -0.496 e. The van der Waals surface area contributed by atoms with Crippen molar-refractivity contribution in [3.05, 3.63) is 64.1 Å². The van der Waals surface area contributed by atoms with Crippen LogP contribution in [0.1, 0.15) is 70.4 Å². The van der Waals surface area contributed by atoms with Crippen LogP contribution in [0, 0.1) is 17.8 Å². The second-order valence-corrected chi connectivity index (χ2v) is 11.9. The summed E-state index contributed by atoms with van der Waals surface area (Å²) in [6, 6.07) is 9.39. The molecule has 1 aliphatic heterocycles.